The van der Waals surface area contributed by atoms with Gasteiger partial charge in [-0.3, -0.25) is 4.98 Å². The minimum atomic E-state index is 1.17. The number of hydrogen-bond acceptors (Lipinski definition) is 4. The Balaban J connectivity index is 2.48. The van der Waals surface area contributed by atoms with Gasteiger partial charge >= 0.3 is 0 Å². The van der Waals surface area contributed by atoms with E-state index in [2.05, 4.69) is 9.36 Å². The predicted octanol–water partition coefficient (Wildman–Crippen LogP) is 2.27. The average Bonchev–Trinajstić information content (AvgIpc) is 2.59. The standard InChI is InChI=1S/C6H4N2S2/c1-5(3-10-8-1)6-2-7-4-9-6/h1-4H. The summed E-state index contributed by atoms with van der Waals surface area (Å²) in [7, 11) is 0. The molecule has 4 heteroatoms. The van der Waals surface area contributed by atoms with Crippen molar-refractivity contribution in [1.82, 2.24) is 9.36 Å². The summed E-state index contributed by atoms with van der Waals surface area (Å²) >= 11 is 3.10. The lowest BCUT2D eigenvalue weighted by molar-refractivity contribution is 1.42. The second kappa shape index (κ2) is 2.48. The molecule has 0 aliphatic carbocycles. The van der Waals surface area contributed by atoms with Crippen LogP contribution in [0.15, 0.2) is 23.3 Å². The monoisotopic (exact) mass is 168 g/mol. The van der Waals surface area contributed by atoms with E-state index < -0.39 is 0 Å². The Morgan fingerprint density at radius 2 is 2.30 bits per heavy atom. The maximum atomic E-state index is 4.00. The number of rotatable bonds is 1. The molecule has 0 atom stereocenters. The van der Waals surface area contributed by atoms with E-state index in [0.717, 1.165) is 0 Å². The highest BCUT2D eigenvalue weighted by molar-refractivity contribution is 7.13. The fourth-order valence-electron chi connectivity index (χ4n) is 0.685. The Labute approximate surface area is 66.3 Å². The summed E-state index contributed by atoms with van der Waals surface area (Å²) in [5.74, 6) is 0. The fraction of sp³-hybridized carbons (Fsp3) is 0. The van der Waals surface area contributed by atoms with E-state index in [0.29, 0.717) is 0 Å². The van der Waals surface area contributed by atoms with Gasteiger partial charge in [0.1, 0.15) is 0 Å². The zero-order chi connectivity index (χ0) is 6.81. The minimum absolute atomic E-state index is 1.17. The van der Waals surface area contributed by atoms with Gasteiger partial charge in [-0.2, -0.15) is 0 Å². The molecule has 2 aromatic rings. The van der Waals surface area contributed by atoms with Crippen LogP contribution < -0.4 is 0 Å². The Morgan fingerprint density at radius 1 is 1.30 bits per heavy atom. The molecule has 0 bridgehead atoms. The lowest BCUT2D eigenvalue weighted by atomic mass is 10.3. The van der Waals surface area contributed by atoms with Crippen molar-refractivity contribution in [3.63, 3.8) is 0 Å². The van der Waals surface area contributed by atoms with E-state index >= 15 is 0 Å². The van der Waals surface area contributed by atoms with E-state index in [9.17, 15) is 0 Å². The summed E-state index contributed by atoms with van der Waals surface area (Å²) in [6.45, 7) is 0. The topological polar surface area (TPSA) is 25.8 Å². The van der Waals surface area contributed by atoms with Crippen LogP contribution in [0.25, 0.3) is 10.4 Å². The van der Waals surface area contributed by atoms with Gasteiger partial charge in [-0.15, -0.1) is 11.3 Å². The Hall–Kier alpha value is -0.740. The van der Waals surface area contributed by atoms with Gasteiger partial charge in [0, 0.05) is 23.3 Å². The van der Waals surface area contributed by atoms with Crippen LogP contribution in [0.4, 0.5) is 0 Å². The lowest BCUT2D eigenvalue weighted by Crippen LogP contribution is -1.60. The van der Waals surface area contributed by atoms with Crippen molar-refractivity contribution < 1.29 is 0 Å². The van der Waals surface area contributed by atoms with Crippen molar-refractivity contribution in [3.8, 4) is 10.4 Å². The van der Waals surface area contributed by atoms with Crippen LogP contribution in [0.2, 0.25) is 0 Å². The Kier molecular flexibility index (Phi) is 1.49. The van der Waals surface area contributed by atoms with Gasteiger partial charge in [-0.05, 0) is 11.5 Å². The first-order chi connectivity index (χ1) is 4.97. The number of nitrogens with zero attached hydrogens (tertiary/aromatic N) is 2. The third-order valence-corrected chi connectivity index (χ3v) is 2.56. The predicted molar refractivity (Wildman–Crippen MR) is 43.2 cm³/mol. The molecule has 2 heterocycles. The molecule has 0 N–H and O–H groups in total. The first-order valence-electron chi connectivity index (χ1n) is 2.75. The van der Waals surface area contributed by atoms with Crippen LogP contribution in [0, 0.1) is 0 Å². The van der Waals surface area contributed by atoms with Crippen molar-refractivity contribution in [2.24, 2.45) is 0 Å². The Morgan fingerprint density at radius 3 is 2.90 bits per heavy atom. The molecular weight excluding hydrogens is 164 g/mol. The molecule has 2 rings (SSSR count). The van der Waals surface area contributed by atoms with Gasteiger partial charge < -0.3 is 0 Å². The quantitative estimate of drug-likeness (QED) is 0.652. The first-order valence-corrected chi connectivity index (χ1v) is 4.46. The SMILES string of the molecule is c1ncc(-c2cnsc2)s1. The second-order valence-electron chi connectivity index (χ2n) is 1.78. The Bertz CT molecular complexity index is 253. The third kappa shape index (κ3) is 0.955. The zero-order valence-electron chi connectivity index (χ0n) is 5.02. The summed E-state index contributed by atoms with van der Waals surface area (Å²) in [5.41, 5.74) is 3.00. The molecule has 0 aliphatic heterocycles. The first kappa shape index (κ1) is 6.00. The smallest absolute Gasteiger partial charge is 0.0797 e. The van der Waals surface area contributed by atoms with Crippen LogP contribution >= 0.6 is 22.9 Å². The fourth-order valence-corrected chi connectivity index (χ4v) is 1.90. The van der Waals surface area contributed by atoms with E-state index in [1.54, 1.807) is 11.3 Å². The highest BCUT2D eigenvalue weighted by atomic mass is 32.1. The van der Waals surface area contributed by atoms with Crippen molar-refractivity contribution >= 4 is 22.9 Å². The third-order valence-electron chi connectivity index (χ3n) is 1.15. The molecular formula is C6H4N2S2. The maximum Gasteiger partial charge on any atom is 0.0797 e. The van der Waals surface area contributed by atoms with E-state index in [4.69, 9.17) is 0 Å². The highest BCUT2D eigenvalue weighted by Crippen LogP contribution is 2.23. The summed E-state index contributed by atoms with van der Waals surface area (Å²) in [6.07, 6.45) is 3.71. The van der Waals surface area contributed by atoms with Gasteiger partial charge in [0.15, 0.2) is 0 Å². The molecule has 10 heavy (non-hydrogen) atoms. The second-order valence-corrected chi connectivity index (χ2v) is 3.32. The normalized spacial score (nSPS) is 10.0. The zero-order valence-corrected chi connectivity index (χ0v) is 6.65. The number of aromatic nitrogens is 2. The molecule has 0 spiro atoms. The van der Waals surface area contributed by atoms with Gasteiger partial charge in [0.05, 0.1) is 10.4 Å². The molecule has 0 aliphatic rings. The van der Waals surface area contributed by atoms with Crippen LogP contribution in [0.5, 0.6) is 0 Å². The summed E-state index contributed by atoms with van der Waals surface area (Å²) in [4.78, 5) is 5.16. The van der Waals surface area contributed by atoms with E-state index in [1.807, 2.05) is 23.3 Å². The van der Waals surface area contributed by atoms with Crippen LogP contribution in [0.3, 0.4) is 0 Å². The van der Waals surface area contributed by atoms with Gasteiger partial charge in [0.2, 0.25) is 0 Å². The van der Waals surface area contributed by atoms with E-state index in [-0.39, 0.29) is 0 Å². The number of hydrogen-bond donors (Lipinski definition) is 0. The summed E-state index contributed by atoms with van der Waals surface area (Å²) in [5, 5.41) is 2.02. The molecule has 2 aromatic heterocycles. The molecule has 0 amide bonds. The molecule has 2 nitrogen and oxygen atoms in total. The minimum Gasteiger partial charge on any atom is -0.252 e. The van der Waals surface area contributed by atoms with Crippen molar-refractivity contribution in [2.75, 3.05) is 0 Å². The van der Waals surface area contributed by atoms with Crippen LogP contribution in [-0.4, -0.2) is 9.36 Å². The van der Waals surface area contributed by atoms with Crippen molar-refractivity contribution in [1.29, 1.82) is 0 Å². The largest absolute Gasteiger partial charge is 0.252 e. The molecule has 0 radical (unpaired) electrons. The van der Waals surface area contributed by atoms with Crippen LogP contribution in [0.1, 0.15) is 0 Å². The maximum absolute atomic E-state index is 4.00. The van der Waals surface area contributed by atoms with Crippen LogP contribution in [-0.2, 0) is 0 Å². The summed E-state index contributed by atoms with van der Waals surface area (Å²) in [6, 6.07) is 0. The van der Waals surface area contributed by atoms with Crippen molar-refractivity contribution in [2.45, 2.75) is 0 Å². The highest BCUT2D eigenvalue weighted by Gasteiger charge is 1.97. The van der Waals surface area contributed by atoms with Gasteiger partial charge in [-0.1, -0.05) is 0 Å². The van der Waals surface area contributed by atoms with Crippen molar-refractivity contribution in [3.05, 3.63) is 23.3 Å². The lowest BCUT2D eigenvalue weighted by Gasteiger charge is -1.82. The van der Waals surface area contributed by atoms with Gasteiger partial charge in [0.25, 0.3) is 0 Å². The van der Waals surface area contributed by atoms with Gasteiger partial charge in [-0.25, -0.2) is 4.37 Å². The summed E-state index contributed by atoms with van der Waals surface area (Å²) < 4.78 is 4.00. The molecule has 0 unspecified atom stereocenters. The number of thiazole rings is 1. The molecule has 50 valence electrons. The molecule has 0 fully saturated rings. The molecule has 0 saturated heterocycles. The van der Waals surface area contributed by atoms with E-state index in [1.165, 1.54) is 22.0 Å². The molecule has 0 saturated carbocycles. The molecule has 0 aromatic carbocycles. The average molecular weight is 168 g/mol.